The lowest BCUT2D eigenvalue weighted by Crippen LogP contribution is -2.40. The number of aromatic nitrogens is 2. The highest BCUT2D eigenvalue weighted by Gasteiger charge is 2.27. The number of Topliss-reactive ketones (excluding diaryl/α,β-unsaturated/α-hetero) is 1. The van der Waals surface area contributed by atoms with Crippen LogP contribution in [0.2, 0.25) is 0 Å². The minimum atomic E-state index is -3.71. The number of carbonyl (C=O) groups is 2. The van der Waals surface area contributed by atoms with Crippen molar-refractivity contribution in [3.8, 4) is 22.7 Å². The van der Waals surface area contributed by atoms with E-state index in [1.807, 2.05) is 54.0 Å². The maximum atomic E-state index is 13.4. The Kier molecular flexibility index (Phi) is 8.72. The number of methoxy groups -OCH3 is 1. The van der Waals surface area contributed by atoms with E-state index < -0.39 is 22.6 Å². The topological polar surface area (TPSA) is 117 Å². The predicted octanol–water partition coefficient (Wildman–Crippen LogP) is 5.38. The third kappa shape index (κ3) is 6.04. The molecule has 0 N–H and O–H groups in total. The molecule has 3 heterocycles. The second-order valence-corrected chi connectivity index (χ2v) is 12.9. The number of benzene rings is 3. The van der Waals surface area contributed by atoms with Gasteiger partial charge in [0.2, 0.25) is 15.8 Å². The Hall–Kier alpha value is -4.84. The number of fused-ring (bicyclic) bond motifs is 1. The molecule has 10 nitrogen and oxygen atoms in total. The van der Waals surface area contributed by atoms with Crippen molar-refractivity contribution in [3.05, 3.63) is 107 Å². The van der Waals surface area contributed by atoms with E-state index >= 15 is 0 Å². The van der Waals surface area contributed by atoms with Crippen LogP contribution in [0.4, 0.5) is 0 Å². The third-order valence-corrected chi connectivity index (χ3v) is 9.97. The number of hydrogen-bond donors (Lipinski definition) is 0. The van der Waals surface area contributed by atoms with Crippen LogP contribution in [0, 0.1) is 13.8 Å². The fourth-order valence-electron chi connectivity index (χ4n) is 5.70. The number of sulfonamides is 1. The zero-order valence-electron chi connectivity index (χ0n) is 25.7. The second kappa shape index (κ2) is 12.9. The van der Waals surface area contributed by atoms with Crippen molar-refractivity contribution < 1.29 is 32.2 Å². The van der Waals surface area contributed by atoms with Gasteiger partial charge >= 0.3 is 5.97 Å². The summed E-state index contributed by atoms with van der Waals surface area (Å²) < 4.78 is 45.9. The molecule has 1 aliphatic heterocycles. The average Bonchev–Trinajstić information content (AvgIpc) is 3.40. The van der Waals surface area contributed by atoms with Gasteiger partial charge in [0.05, 0.1) is 42.0 Å². The number of esters is 1. The number of aryl methyl sites for hydroxylation is 1. The lowest BCUT2D eigenvalue weighted by atomic mass is 10.0. The Labute approximate surface area is 267 Å². The molecule has 0 saturated carbocycles. The van der Waals surface area contributed by atoms with Crippen molar-refractivity contribution in [1.82, 2.24) is 13.9 Å². The van der Waals surface area contributed by atoms with Gasteiger partial charge in [0.1, 0.15) is 5.75 Å². The number of carbonyl (C=O) groups excluding carboxylic acids is 2. The number of ketones is 1. The van der Waals surface area contributed by atoms with E-state index in [2.05, 4.69) is 0 Å². The van der Waals surface area contributed by atoms with Gasteiger partial charge in [0, 0.05) is 46.7 Å². The zero-order valence-corrected chi connectivity index (χ0v) is 26.5. The monoisotopic (exact) mass is 639 g/mol. The lowest BCUT2D eigenvalue weighted by Gasteiger charge is -2.26. The molecule has 0 aliphatic carbocycles. The number of nitrogens with zero attached hydrogens (tertiary/aromatic N) is 3. The van der Waals surface area contributed by atoms with Crippen LogP contribution in [0.25, 0.3) is 27.8 Å². The molecule has 2 aromatic heterocycles. The van der Waals surface area contributed by atoms with E-state index in [1.165, 1.54) is 4.31 Å². The van der Waals surface area contributed by atoms with E-state index in [-0.39, 0.29) is 10.7 Å². The number of morpholine rings is 1. The molecule has 1 fully saturated rings. The first-order valence-electron chi connectivity index (χ1n) is 14.8. The van der Waals surface area contributed by atoms with Crippen molar-refractivity contribution >= 4 is 32.7 Å². The molecule has 11 heteroatoms. The largest absolute Gasteiger partial charge is 0.497 e. The summed E-state index contributed by atoms with van der Waals surface area (Å²) in [5, 5.41) is 0.613. The molecular weight excluding hydrogens is 606 g/mol. The third-order valence-electron chi connectivity index (χ3n) is 8.07. The van der Waals surface area contributed by atoms with Gasteiger partial charge in [-0.2, -0.15) is 4.31 Å². The molecule has 46 heavy (non-hydrogen) atoms. The van der Waals surface area contributed by atoms with Crippen molar-refractivity contribution in [2.75, 3.05) is 40.0 Å². The molecule has 0 amide bonds. The van der Waals surface area contributed by atoms with Crippen LogP contribution in [0.3, 0.4) is 0 Å². The summed E-state index contributed by atoms with van der Waals surface area (Å²) in [5.41, 5.74) is 4.63. The maximum Gasteiger partial charge on any atom is 0.339 e. The summed E-state index contributed by atoms with van der Waals surface area (Å²) in [6.45, 7) is 4.44. The summed E-state index contributed by atoms with van der Waals surface area (Å²) in [4.78, 5) is 31.7. The van der Waals surface area contributed by atoms with E-state index in [0.29, 0.717) is 71.2 Å². The number of hydrogen-bond acceptors (Lipinski definition) is 8. The standard InChI is InChI=1S/C35H33N3O7S/c1-23-19-30(24(2)38(23)26-7-6-8-28(20-26)46(41,42)37-15-17-44-18-16-37)34(39)22-45-35(40)31-21-33(25-11-13-27(43-3)14-12-25)36-32-10-5-4-9-29(31)32/h4-14,19-21H,15-18,22H2,1-3H3. The van der Waals surface area contributed by atoms with E-state index in [9.17, 15) is 18.0 Å². The highest BCUT2D eigenvalue weighted by Crippen LogP contribution is 2.28. The highest BCUT2D eigenvalue weighted by molar-refractivity contribution is 7.89. The van der Waals surface area contributed by atoms with Crippen molar-refractivity contribution in [2.24, 2.45) is 0 Å². The smallest absolute Gasteiger partial charge is 0.339 e. The minimum Gasteiger partial charge on any atom is -0.497 e. The molecule has 0 spiro atoms. The minimum absolute atomic E-state index is 0.166. The van der Waals surface area contributed by atoms with Gasteiger partial charge in [-0.15, -0.1) is 0 Å². The van der Waals surface area contributed by atoms with Crippen molar-refractivity contribution in [3.63, 3.8) is 0 Å². The summed E-state index contributed by atoms with van der Waals surface area (Å²) in [5.74, 6) is -0.317. The van der Waals surface area contributed by atoms with Crippen LogP contribution in [-0.4, -0.2) is 74.0 Å². The molecule has 236 valence electrons. The number of rotatable bonds is 9. The maximum absolute atomic E-state index is 13.4. The van der Waals surface area contributed by atoms with Crippen LogP contribution in [0.15, 0.2) is 89.8 Å². The molecule has 0 radical (unpaired) electrons. The van der Waals surface area contributed by atoms with Gasteiger partial charge in [-0.3, -0.25) is 4.79 Å². The Balaban J connectivity index is 1.23. The lowest BCUT2D eigenvalue weighted by molar-refractivity contribution is 0.0476. The first kappa shape index (κ1) is 31.2. The van der Waals surface area contributed by atoms with Crippen molar-refractivity contribution in [2.45, 2.75) is 18.7 Å². The van der Waals surface area contributed by atoms with Crippen LogP contribution >= 0.6 is 0 Å². The second-order valence-electron chi connectivity index (χ2n) is 10.9. The molecule has 6 rings (SSSR count). The fraction of sp³-hybridized carbons (Fsp3) is 0.229. The quantitative estimate of drug-likeness (QED) is 0.156. The summed E-state index contributed by atoms with van der Waals surface area (Å²) in [7, 11) is -2.12. The van der Waals surface area contributed by atoms with Crippen LogP contribution in [0.1, 0.15) is 32.1 Å². The van der Waals surface area contributed by atoms with Crippen LogP contribution in [-0.2, 0) is 19.5 Å². The van der Waals surface area contributed by atoms with Gasteiger partial charge in [0.15, 0.2) is 6.61 Å². The number of ether oxygens (including phenoxy) is 3. The van der Waals surface area contributed by atoms with E-state index in [0.717, 1.165) is 11.3 Å². The Morgan fingerprint density at radius 3 is 2.37 bits per heavy atom. The summed E-state index contributed by atoms with van der Waals surface area (Å²) >= 11 is 0. The predicted molar refractivity (Wildman–Crippen MR) is 173 cm³/mol. The Morgan fingerprint density at radius 1 is 0.891 bits per heavy atom. The molecule has 3 aromatic carbocycles. The zero-order chi connectivity index (χ0) is 32.4. The summed E-state index contributed by atoms with van der Waals surface area (Å²) in [6.07, 6.45) is 0. The molecule has 0 unspecified atom stereocenters. The van der Waals surface area contributed by atoms with Gasteiger partial charge in [0.25, 0.3) is 0 Å². The molecule has 0 bridgehead atoms. The van der Waals surface area contributed by atoms with E-state index in [4.69, 9.17) is 19.2 Å². The molecule has 1 saturated heterocycles. The van der Waals surface area contributed by atoms with E-state index in [1.54, 1.807) is 56.5 Å². The van der Waals surface area contributed by atoms with Gasteiger partial charge in [-0.25, -0.2) is 18.2 Å². The Bertz CT molecular complexity index is 2050. The molecule has 0 atom stereocenters. The number of para-hydroxylation sites is 1. The number of pyridine rings is 1. The van der Waals surface area contributed by atoms with Gasteiger partial charge < -0.3 is 18.8 Å². The Morgan fingerprint density at radius 2 is 1.63 bits per heavy atom. The van der Waals surface area contributed by atoms with Crippen LogP contribution in [0.5, 0.6) is 5.75 Å². The van der Waals surface area contributed by atoms with Crippen LogP contribution < -0.4 is 4.74 Å². The first-order chi connectivity index (χ1) is 22.2. The molecular formula is C35H33N3O7S. The normalized spacial score (nSPS) is 13.9. The van der Waals surface area contributed by atoms with Gasteiger partial charge in [-0.1, -0.05) is 24.3 Å². The van der Waals surface area contributed by atoms with Gasteiger partial charge in [-0.05, 0) is 74.5 Å². The fourth-order valence-corrected chi connectivity index (χ4v) is 7.15. The molecule has 1 aliphatic rings. The first-order valence-corrected chi connectivity index (χ1v) is 16.2. The summed E-state index contributed by atoms with van der Waals surface area (Å²) in [6, 6.07) is 24.7. The SMILES string of the molecule is COc1ccc(-c2cc(C(=O)OCC(=O)c3cc(C)n(-c4cccc(S(=O)(=O)N5CCOCC5)c4)c3C)c3ccccc3n2)cc1. The average molecular weight is 640 g/mol. The van der Waals surface area contributed by atoms with Crippen molar-refractivity contribution in [1.29, 1.82) is 0 Å². The molecule has 5 aromatic rings. The highest BCUT2D eigenvalue weighted by atomic mass is 32.2.